The van der Waals surface area contributed by atoms with Gasteiger partial charge < -0.3 is 14.6 Å². The van der Waals surface area contributed by atoms with Crippen LogP contribution >= 0.6 is 0 Å². The highest BCUT2D eigenvalue weighted by Gasteiger charge is 2.34. The molecule has 0 spiro atoms. The smallest absolute Gasteiger partial charge is 0.243 e. The fraction of sp³-hybridized carbons (Fsp3) is 0.500. The zero-order chi connectivity index (χ0) is 14.8. The van der Waals surface area contributed by atoms with E-state index in [9.17, 15) is 17.9 Å². The van der Waals surface area contributed by atoms with Crippen LogP contribution in [0.4, 0.5) is 4.39 Å². The lowest BCUT2D eigenvalue weighted by Gasteiger charge is -2.33. The number of nitrogens with zero attached hydrogens (tertiary/aromatic N) is 1. The van der Waals surface area contributed by atoms with E-state index in [4.69, 9.17) is 9.47 Å². The van der Waals surface area contributed by atoms with Gasteiger partial charge in [0.05, 0.1) is 37.9 Å². The molecule has 1 aromatic rings. The molecule has 20 heavy (non-hydrogen) atoms. The number of halogens is 1. The van der Waals surface area contributed by atoms with Gasteiger partial charge in [-0.15, -0.1) is 0 Å². The second kappa shape index (κ2) is 6.04. The number of sulfonamides is 1. The van der Waals surface area contributed by atoms with Crippen molar-refractivity contribution in [1.82, 2.24) is 4.31 Å². The van der Waals surface area contributed by atoms with Gasteiger partial charge in [-0.2, -0.15) is 4.31 Å². The fourth-order valence-corrected chi connectivity index (χ4v) is 3.64. The van der Waals surface area contributed by atoms with E-state index in [-0.39, 0.29) is 37.0 Å². The lowest BCUT2D eigenvalue weighted by molar-refractivity contribution is 0.0109. The van der Waals surface area contributed by atoms with Gasteiger partial charge in [0.15, 0.2) is 11.6 Å². The summed E-state index contributed by atoms with van der Waals surface area (Å²) in [6.45, 7) is 0.141. The minimum Gasteiger partial charge on any atom is -0.494 e. The summed E-state index contributed by atoms with van der Waals surface area (Å²) < 4.78 is 49.6. The molecule has 1 aromatic carbocycles. The summed E-state index contributed by atoms with van der Waals surface area (Å²) in [6.07, 6.45) is 0. The topological polar surface area (TPSA) is 76.1 Å². The Balaban J connectivity index is 2.36. The predicted molar refractivity (Wildman–Crippen MR) is 68.5 cm³/mol. The molecule has 1 N–H and O–H groups in total. The highest BCUT2D eigenvalue weighted by atomic mass is 32.2. The van der Waals surface area contributed by atoms with Gasteiger partial charge in [-0.1, -0.05) is 0 Å². The molecule has 0 amide bonds. The highest BCUT2D eigenvalue weighted by molar-refractivity contribution is 7.89. The molecule has 1 aliphatic rings. The molecule has 0 bridgehead atoms. The predicted octanol–water partition coefficient (Wildman–Crippen LogP) is 0.216. The summed E-state index contributed by atoms with van der Waals surface area (Å²) in [4.78, 5) is -0.170. The Bertz CT molecular complexity index is 577. The van der Waals surface area contributed by atoms with Crippen molar-refractivity contribution < 1.29 is 27.4 Å². The van der Waals surface area contributed by atoms with Gasteiger partial charge in [0.1, 0.15) is 0 Å². The van der Waals surface area contributed by atoms with Crippen molar-refractivity contribution in [1.29, 1.82) is 0 Å². The number of rotatable bonds is 4. The van der Waals surface area contributed by atoms with Crippen LogP contribution in [0.3, 0.4) is 0 Å². The normalized spacial score (nSPS) is 20.9. The van der Waals surface area contributed by atoms with Gasteiger partial charge in [-0.3, -0.25) is 0 Å². The van der Waals surface area contributed by atoms with Crippen molar-refractivity contribution in [3.8, 4) is 5.75 Å². The molecular weight excluding hydrogens is 289 g/mol. The Morgan fingerprint density at radius 2 is 2.30 bits per heavy atom. The third kappa shape index (κ3) is 2.78. The maximum absolute atomic E-state index is 13.6. The number of aliphatic hydroxyl groups excluding tert-OH is 1. The standard InChI is InChI=1S/C12H16FNO5S/c1-18-12-3-2-10(6-11(12)13)20(16,17)14-4-5-19-8-9(14)7-15/h2-3,6,9,15H,4-5,7-8H2,1H3. The van der Waals surface area contributed by atoms with Gasteiger partial charge in [-0.25, -0.2) is 12.8 Å². The minimum atomic E-state index is -3.87. The van der Waals surface area contributed by atoms with E-state index in [2.05, 4.69) is 0 Å². The minimum absolute atomic E-state index is 0.0235. The van der Waals surface area contributed by atoms with Gasteiger partial charge in [0, 0.05) is 6.54 Å². The van der Waals surface area contributed by atoms with E-state index in [1.807, 2.05) is 0 Å². The lowest BCUT2D eigenvalue weighted by Crippen LogP contribution is -2.50. The van der Waals surface area contributed by atoms with Crippen LogP contribution in [-0.4, -0.2) is 57.3 Å². The molecule has 6 nitrogen and oxygen atoms in total. The van der Waals surface area contributed by atoms with Crippen LogP contribution in [0.1, 0.15) is 0 Å². The van der Waals surface area contributed by atoms with Crippen LogP contribution in [0.5, 0.6) is 5.75 Å². The average molecular weight is 305 g/mol. The van der Waals surface area contributed by atoms with E-state index in [1.165, 1.54) is 19.2 Å². The number of methoxy groups -OCH3 is 1. The molecule has 1 unspecified atom stereocenters. The zero-order valence-electron chi connectivity index (χ0n) is 11.0. The molecule has 8 heteroatoms. The number of ether oxygens (including phenoxy) is 2. The number of aliphatic hydroxyl groups is 1. The quantitative estimate of drug-likeness (QED) is 0.861. The third-order valence-electron chi connectivity index (χ3n) is 3.11. The van der Waals surface area contributed by atoms with Crippen LogP contribution in [0.25, 0.3) is 0 Å². The van der Waals surface area contributed by atoms with E-state index < -0.39 is 21.9 Å². The second-order valence-corrected chi connectivity index (χ2v) is 6.21. The molecule has 1 fully saturated rings. The second-order valence-electron chi connectivity index (χ2n) is 4.32. The summed E-state index contributed by atoms with van der Waals surface area (Å²) in [5.41, 5.74) is 0. The Labute approximate surface area is 116 Å². The van der Waals surface area contributed by atoms with Crippen LogP contribution in [0.15, 0.2) is 23.1 Å². The Kier molecular flexibility index (Phi) is 4.59. The van der Waals surface area contributed by atoms with Crippen LogP contribution < -0.4 is 4.74 Å². The van der Waals surface area contributed by atoms with Gasteiger partial charge in [0.2, 0.25) is 10.0 Å². The number of benzene rings is 1. The average Bonchev–Trinajstić information content (AvgIpc) is 2.47. The van der Waals surface area contributed by atoms with Crippen LogP contribution in [0, 0.1) is 5.82 Å². The number of morpholine rings is 1. The molecular formula is C12H16FNO5S. The van der Waals surface area contributed by atoms with Gasteiger partial charge in [0.25, 0.3) is 0 Å². The molecule has 112 valence electrons. The maximum atomic E-state index is 13.6. The first-order valence-corrected chi connectivity index (χ1v) is 7.48. The van der Waals surface area contributed by atoms with Crippen molar-refractivity contribution in [2.24, 2.45) is 0 Å². The van der Waals surface area contributed by atoms with E-state index in [0.717, 1.165) is 10.4 Å². The van der Waals surface area contributed by atoms with Crippen molar-refractivity contribution in [3.63, 3.8) is 0 Å². The highest BCUT2D eigenvalue weighted by Crippen LogP contribution is 2.25. The summed E-state index contributed by atoms with van der Waals surface area (Å²) in [7, 11) is -2.57. The third-order valence-corrected chi connectivity index (χ3v) is 5.06. The molecule has 0 saturated carbocycles. The summed E-state index contributed by atoms with van der Waals surface area (Å²) >= 11 is 0. The Morgan fingerprint density at radius 3 is 2.90 bits per heavy atom. The molecule has 2 rings (SSSR count). The van der Waals surface area contributed by atoms with E-state index >= 15 is 0 Å². The molecule has 0 radical (unpaired) electrons. The van der Waals surface area contributed by atoms with E-state index in [1.54, 1.807) is 0 Å². The molecule has 1 saturated heterocycles. The van der Waals surface area contributed by atoms with Crippen molar-refractivity contribution >= 4 is 10.0 Å². The lowest BCUT2D eigenvalue weighted by atomic mass is 10.3. The summed E-state index contributed by atoms with van der Waals surface area (Å²) in [5.74, 6) is -0.771. The van der Waals surface area contributed by atoms with Crippen molar-refractivity contribution in [3.05, 3.63) is 24.0 Å². The van der Waals surface area contributed by atoms with Crippen LogP contribution in [0.2, 0.25) is 0 Å². The summed E-state index contributed by atoms with van der Waals surface area (Å²) in [6, 6.07) is 2.80. The number of hydrogen-bond donors (Lipinski definition) is 1. The molecule has 1 atom stereocenters. The Morgan fingerprint density at radius 1 is 1.55 bits per heavy atom. The SMILES string of the molecule is COc1ccc(S(=O)(=O)N2CCOCC2CO)cc1F. The first kappa shape index (κ1) is 15.2. The largest absolute Gasteiger partial charge is 0.494 e. The molecule has 0 aliphatic carbocycles. The Hall–Kier alpha value is -1.22. The fourth-order valence-electron chi connectivity index (χ4n) is 2.04. The number of hydrogen-bond acceptors (Lipinski definition) is 5. The first-order chi connectivity index (χ1) is 9.50. The monoisotopic (exact) mass is 305 g/mol. The maximum Gasteiger partial charge on any atom is 0.243 e. The van der Waals surface area contributed by atoms with E-state index in [0.29, 0.717) is 0 Å². The molecule has 1 aliphatic heterocycles. The van der Waals surface area contributed by atoms with Crippen molar-refractivity contribution in [2.45, 2.75) is 10.9 Å². The van der Waals surface area contributed by atoms with Crippen LogP contribution in [-0.2, 0) is 14.8 Å². The van der Waals surface area contributed by atoms with Gasteiger partial charge in [-0.05, 0) is 18.2 Å². The van der Waals surface area contributed by atoms with Crippen molar-refractivity contribution in [2.75, 3.05) is 33.5 Å². The molecule has 0 aromatic heterocycles. The summed E-state index contributed by atoms with van der Waals surface area (Å²) in [5, 5.41) is 9.23. The molecule has 1 heterocycles. The first-order valence-electron chi connectivity index (χ1n) is 6.04. The van der Waals surface area contributed by atoms with Gasteiger partial charge >= 0.3 is 0 Å². The zero-order valence-corrected chi connectivity index (χ0v) is 11.8.